The normalized spacial score (nSPS) is 12.2. The lowest BCUT2D eigenvalue weighted by atomic mass is 10.0. The second-order valence-electron chi connectivity index (χ2n) is 4.38. The zero-order valence-corrected chi connectivity index (χ0v) is 10.9. The van der Waals surface area contributed by atoms with Crippen molar-refractivity contribution in [1.82, 2.24) is 0 Å². The van der Waals surface area contributed by atoms with Crippen LogP contribution >= 0.6 is 0 Å². The first-order chi connectivity index (χ1) is 8.56. The van der Waals surface area contributed by atoms with E-state index in [9.17, 15) is 10.1 Å². The van der Waals surface area contributed by atoms with Crippen LogP contribution in [0.5, 0.6) is 5.75 Å². The van der Waals surface area contributed by atoms with Gasteiger partial charge in [-0.15, -0.1) is 0 Å². The summed E-state index contributed by atoms with van der Waals surface area (Å²) in [4.78, 5) is 10.4. The maximum atomic E-state index is 10.8. The summed E-state index contributed by atoms with van der Waals surface area (Å²) >= 11 is 0. The van der Waals surface area contributed by atoms with Gasteiger partial charge in [-0.3, -0.25) is 10.1 Å². The summed E-state index contributed by atoms with van der Waals surface area (Å²) in [5.74, 6) is 0.517. The topological polar surface area (TPSA) is 78.4 Å². The Labute approximate surface area is 107 Å². The zero-order chi connectivity index (χ0) is 13.5. The molecule has 5 heteroatoms. The van der Waals surface area contributed by atoms with Crippen LogP contribution < -0.4 is 10.5 Å². The van der Waals surface area contributed by atoms with Gasteiger partial charge in [0.15, 0.2) is 0 Å². The number of hydrogen-bond acceptors (Lipinski definition) is 4. The van der Waals surface area contributed by atoms with E-state index >= 15 is 0 Å². The van der Waals surface area contributed by atoms with Crippen LogP contribution in [0, 0.1) is 10.1 Å². The number of non-ortho nitro benzene ring substituents is 1. The third kappa shape index (κ3) is 4.33. The summed E-state index contributed by atoms with van der Waals surface area (Å²) in [5.41, 5.74) is 6.89. The molecule has 1 aromatic rings. The molecule has 0 saturated carbocycles. The lowest BCUT2D eigenvalue weighted by Gasteiger charge is -2.10. The van der Waals surface area contributed by atoms with Crippen molar-refractivity contribution in [3.8, 4) is 5.75 Å². The maximum absolute atomic E-state index is 10.8. The van der Waals surface area contributed by atoms with Gasteiger partial charge < -0.3 is 10.5 Å². The van der Waals surface area contributed by atoms with Crippen LogP contribution in [0.4, 0.5) is 5.69 Å². The molecule has 0 amide bonds. The Bertz CT molecular complexity index is 407. The van der Waals surface area contributed by atoms with Crippen LogP contribution in [0.1, 0.15) is 31.7 Å². The summed E-state index contributed by atoms with van der Waals surface area (Å²) in [7, 11) is 1.51. The standard InChI is InChI=1S/C13H20N2O3/c1-3-4-11(14)6-5-10-7-12(15(16)17)9-13(8-10)18-2/h7-9,11H,3-6,14H2,1-2H3. The number of hydrogen-bond donors (Lipinski definition) is 1. The number of nitro groups is 1. The minimum atomic E-state index is -0.405. The maximum Gasteiger partial charge on any atom is 0.273 e. The first-order valence-electron chi connectivity index (χ1n) is 6.14. The van der Waals surface area contributed by atoms with E-state index in [4.69, 9.17) is 10.5 Å². The molecule has 2 N–H and O–H groups in total. The van der Waals surface area contributed by atoms with Gasteiger partial charge in [-0.1, -0.05) is 13.3 Å². The molecule has 1 aromatic carbocycles. The van der Waals surface area contributed by atoms with Gasteiger partial charge >= 0.3 is 0 Å². The Morgan fingerprint density at radius 1 is 1.39 bits per heavy atom. The molecule has 0 fully saturated rings. The van der Waals surface area contributed by atoms with Crippen LogP contribution in [-0.4, -0.2) is 18.1 Å². The SMILES string of the molecule is CCCC(N)CCc1cc(OC)cc([N+](=O)[O-])c1. The molecule has 0 aliphatic heterocycles. The van der Waals surface area contributed by atoms with Crippen LogP contribution in [0.2, 0.25) is 0 Å². The van der Waals surface area contributed by atoms with E-state index in [1.165, 1.54) is 13.2 Å². The number of methoxy groups -OCH3 is 1. The van der Waals surface area contributed by atoms with E-state index in [-0.39, 0.29) is 11.7 Å². The highest BCUT2D eigenvalue weighted by Crippen LogP contribution is 2.23. The Hall–Kier alpha value is -1.62. The first-order valence-corrected chi connectivity index (χ1v) is 6.14. The van der Waals surface area contributed by atoms with E-state index in [1.54, 1.807) is 6.07 Å². The van der Waals surface area contributed by atoms with Gasteiger partial charge in [0.1, 0.15) is 5.75 Å². The van der Waals surface area contributed by atoms with Crippen molar-refractivity contribution in [3.63, 3.8) is 0 Å². The second kappa shape index (κ2) is 6.96. The number of nitrogens with two attached hydrogens (primary N) is 1. The van der Waals surface area contributed by atoms with Gasteiger partial charge in [0, 0.05) is 12.1 Å². The van der Waals surface area contributed by atoms with Gasteiger partial charge in [0.2, 0.25) is 0 Å². The molecule has 0 spiro atoms. The highest BCUT2D eigenvalue weighted by molar-refractivity contribution is 5.42. The monoisotopic (exact) mass is 252 g/mol. The smallest absolute Gasteiger partial charge is 0.273 e. The summed E-state index contributed by atoms with van der Waals surface area (Å²) < 4.78 is 5.06. The number of ether oxygens (including phenoxy) is 1. The quantitative estimate of drug-likeness (QED) is 0.597. The fraction of sp³-hybridized carbons (Fsp3) is 0.538. The van der Waals surface area contributed by atoms with Crippen LogP contribution in [0.3, 0.4) is 0 Å². The number of aryl methyl sites for hydroxylation is 1. The predicted octanol–water partition coefficient (Wildman–Crippen LogP) is 2.66. The van der Waals surface area contributed by atoms with Crippen LogP contribution in [0.25, 0.3) is 0 Å². The molecule has 1 atom stereocenters. The summed E-state index contributed by atoms with van der Waals surface area (Å²) in [6.07, 6.45) is 3.60. The van der Waals surface area contributed by atoms with E-state index in [2.05, 4.69) is 6.92 Å². The Kier molecular flexibility index (Phi) is 5.58. The van der Waals surface area contributed by atoms with Crippen molar-refractivity contribution >= 4 is 5.69 Å². The van der Waals surface area contributed by atoms with Gasteiger partial charge in [0.25, 0.3) is 5.69 Å². The van der Waals surface area contributed by atoms with Crippen molar-refractivity contribution in [1.29, 1.82) is 0 Å². The van der Waals surface area contributed by atoms with Crippen molar-refractivity contribution < 1.29 is 9.66 Å². The third-order valence-corrected chi connectivity index (χ3v) is 2.86. The van der Waals surface area contributed by atoms with Crippen molar-refractivity contribution in [2.45, 2.75) is 38.6 Å². The highest BCUT2D eigenvalue weighted by atomic mass is 16.6. The number of rotatable bonds is 7. The minimum absolute atomic E-state index is 0.0633. The van der Waals surface area contributed by atoms with Gasteiger partial charge in [0.05, 0.1) is 18.1 Å². The number of nitrogens with zero attached hydrogens (tertiary/aromatic N) is 1. The highest BCUT2D eigenvalue weighted by Gasteiger charge is 2.11. The van der Waals surface area contributed by atoms with Crippen molar-refractivity contribution in [3.05, 3.63) is 33.9 Å². The molecule has 0 bridgehead atoms. The molecule has 100 valence electrons. The Balaban J connectivity index is 2.75. The largest absolute Gasteiger partial charge is 0.496 e. The van der Waals surface area contributed by atoms with Gasteiger partial charge in [-0.05, 0) is 30.9 Å². The molecule has 5 nitrogen and oxygen atoms in total. The van der Waals surface area contributed by atoms with Gasteiger partial charge in [-0.2, -0.15) is 0 Å². The van der Waals surface area contributed by atoms with Gasteiger partial charge in [-0.25, -0.2) is 0 Å². The lowest BCUT2D eigenvalue weighted by Crippen LogP contribution is -2.20. The average Bonchev–Trinajstić information content (AvgIpc) is 2.36. The molecule has 0 saturated heterocycles. The zero-order valence-electron chi connectivity index (χ0n) is 10.9. The fourth-order valence-electron chi connectivity index (χ4n) is 1.88. The summed E-state index contributed by atoms with van der Waals surface area (Å²) in [6, 6.07) is 4.99. The molecule has 1 rings (SSSR count). The molecule has 0 aromatic heterocycles. The van der Waals surface area contributed by atoms with E-state index < -0.39 is 4.92 Å². The van der Waals surface area contributed by atoms with Crippen molar-refractivity contribution in [2.75, 3.05) is 7.11 Å². The molecule has 18 heavy (non-hydrogen) atoms. The molecule has 0 aliphatic carbocycles. The summed E-state index contributed by atoms with van der Waals surface area (Å²) in [5, 5.41) is 10.8. The summed E-state index contributed by atoms with van der Waals surface area (Å²) in [6.45, 7) is 2.09. The Morgan fingerprint density at radius 2 is 2.11 bits per heavy atom. The van der Waals surface area contributed by atoms with E-state index in [1.807, 2.05) is 6.07 Å². The van der Waals surface area contributed by atoms with E-state index in [0.29, 0.717) is 5.75 Å². The molecular formula is C13H20N2O3. The van der Waals surface area contributed by atoms with Crippen LogP contribution in [0.15, 0.2) is 18.2 Å². The molecule has 0 aliphatic rings. The fourth-order valence-corrected chi connectivity index (χ4v) is 1.88. The predicted molar refractivity (Wildman–Crippen MR) is 70.9 cm³/mol. The molecular weight excluding hydrogens is 232 g/mol. The van der Waals surface area contributed by atoms with Crippen LogP contribution in [-0.2, 0) is 6.42 Å². The first kappa shape index (κ1) is 14.4. The number of benzene rings is 1. The molecule has 0 heterocycles. The Morgan fingerprint density at radius 3 is 2.67 bits per heavy atom. The minimum Gasteiger partial charge on any atom is -0.496 e. The second-order valence-corrected chi connectivity index (χ2v) is 4.38. The lowest BCUT2D eigenvalue weighted by molar-refractivity contribution is -0.385. The van der Waals surface area contributed by atoms with E-state index in [0.717, 1.165) is 31.2 Å². The number of nitro benzene ring substituents is 1. The average molecular weight is 252 g/mol. The third-order valence-electron chi connectivity index (χ3n) is 2.86. The van der Waals surface area contributed by atoms with Crippen molar-refractivity contribution in [2.24, 2.45) is 5.73 Å². The molecule has 1 unspecified atom stereocenters. The molecule has 0 radical (unpaired) electrons.